The molecule has 0 aliphatic heterocycles. The number of carbonyl (C=O) groups excluding carboxylic acids is 1. The molecule has 2 aromatic rings. The quantitative estimate of drug-likeness (QED) is 0.835. The number of carbonyl (C=O) groups is 1. The number of nitrogens with zero attached hydrogens (tertiary/aromatic N) is 2. The van der Waals surface area contributed by atoms with E-state index in [1.54, 1.807) is 13.0 Å². The Morgan fingerprint density at radius 3 is 2.52 bits per heavy atom. The van der Waals surface area contributed by atoms with Gasteiger partial charge in [0.25, 0.3) is 5.56 Å². The molecule has 0 radical (unpaired) electrons. The molecule has 1 amide bonds. The zero-order chi connectivity index (χ0) is 19.6. The van der Waals surface area contributed by atoms with E-state index < -0.39 is 18.3 Å². The van der Waals surface area contributed by atoms with Crippen LogP contribution in [-0.2, 0) is 11.3 Å². The molecule has 1 aliphatic rings. The Hall–Kier alpha value is -2.84. The molecule has 1 aliphatic carbocycles. The first-order chi connectivity index (χ1) is 12.7. The highest BCUT2D eigenvalue weighted by atomic mass is 19.4. The van der Waals surface area contributed by atoms with Crippen molar-refractivity contribution in [2.24, 2.45) is 0 Å². The zero-order valence-electron chi connectivity index (χ0n) is 14.5. The molecule has 1 aromatic carbocycles. The van der Waals surface area contributed by atoms with Crippen LogP contribution in [-0.4, -0.2) is 22.1 Å². The Morgan fingerprint density at radius 1 is 1.26 bits per heavy atom. The number of hydrogen-bond acceptors (Lipinski definition) is 4. The van der Waals surface area contributed by atoms with Crippen molar-refractivity contribution in [3.8, 4) is 5.75 Å². The largest absolute Gasteiger partial charge is 0.573 e. The van der Waals surface area contributed by atoms with Crippen molar-refractivity contribution in [2.75, 3.05) is 0 Å². The van der Waals surface area contributed by atoms with Crippen LogP contribution in [0.5, 0.6) is 5.75 Å². The highest BCUT2D eigenvalue weighted by Crippen LogP contribution is 2.38. The van der Waals surface area contributed by atoms with E-state index >= 15 is 0 Å². The van der Waals surface area contributed by atoms with Crippen molar-refractivity contribution in [1.82, 2.24) is 15.1 Å². The van der Waals surface area contributed by atoms with Gasteiger partial charge < -0.3 is 10.1 Å². The predicted molar refractivity (Wildman–Crippen MR) is 90.2 cm³/mol. The molecule has 1 heterocycles. The summed E-state index contributed by atoms with van der Waals surface area (Å²) in [6.45, 7) is 1.67. The second-order valence-electron chi connectivity index (χ2n) is 6.40. The molecular formula is C18H18F3N3O3. The number of nitrogens with one attached hydrogen (secondary N) is 1. The van der Waals surface area contributed by atoms with Crippen molar-refractivity contribution in [2.45, 2.75) is 44.6 Å². The highest BCUT2D eigenvalue weighted by Gasteiger charge is 2.31. The van der Waals surface area contributed by atoms with Gasteiger partial charge in [-0.3, -0.25) is 9.59 Å². The lowest BCUT2D eigenvalue weighted by Crippen LogP contribution is -2.37. The highest BCUT2D eigenvalue weighted by molar-refractivity contribution is 5.79. The second kappa shape index (κ2) is 7.42. The fourth-order valence-electron chi connectivity index (χ4n) is 2.57. The average Bonchev–Trinajstić information content (AvgIpc) is 3.44. The summed E-state index contributed by atoms with van der Waals surface area (Å²) in [4.78, 5) is 24.3. The van der Waals surface area contributed by atoms with Gasteiger partial charge in [-0.25, -0.2) is 4.68 Å². The Morgan fingerprint density at radius 2 is 1.93 bits per heavy atom. The molecule has 1 aromatic heterocycles. The maximum atomic E-state index is 12.3. The van der Waals surface area contributed by atoms with E-state index in [-0.39, 0.29) is 17.9 Å². The maximum Gasteiger partial charge on any atom is 0.573 e. The molecule has 0 unspecified atom stereocenters. The molecule has 6 nitrogen and oxygen atoms in total. The predicted octanol–water partition coefficient (Wildman–Crippen LogP) is 2.90. The SMILES string of the molecule is C[C@H](C(=O)NCc1ccc(OC(F)(F)F)cc1)n1nc(C2CC2)ccc1=O. The summed E-state index contributed by atoms with van der Waals surface area (Å²) in [5.74, 6) is -0.392. The summed E-state index contributed by atoms with van der Waals surface area (Å²) in [5, 5.41) is 6.93. The van der Waals surface area contributed by atoms with Gasteiger partial charge in [-0.15, -0.1) is 13.2 Å². The summed E-state index contributed by atoms with van der Waals surface area (Å²) in [6.07, 6.45) is -2.69. The lowest BCUT2D eigenvalue weighted by Gasteiger charge is -2.15. The fourth-order valence-corrected chi connectivity index (χ4v) is 2.57. The van der Waals surface area contributed by atoms with Crippen LogP contribution in [0.1, 0.15) is 43.0 Å². The van der Waals surface area contributed by atoms with Crippen LogP contribution in [0.25, 0.3) is 0 Å². The van der Waals surface area contributed by atoms with Gasteiger partial charge >= 0.3 is 6.36 Å². The van der Waals surface area contributed by atoms with Crippen LogP contribution in [0.2, 0.25) is 0 Å². The second-order valence-corrected chi connectivity index (χ2v) is 6.40. The summed E-state index contributed by atoms with van der Waals surface area (Å²) < 4.78 is 41.4. The van der Waals surface area contributed by atoms with Crippen molar-refractivity contribution >= 4 is 5.91 Å². The van der Waals surface area contributed by atoms with E-state index in [1.807, 2.05) is 0 Å². The van der Waals surface area contributed by atoms with Gasteiger partial charge in [-0.05, 0) is 43.5 Å². The monoisotopic (exact) mass is 381 g/mol. The summed E-state index contributed by atoms with van der Waals surface area (Å²) in [5.41, 5.74) is 1.03. The van der Waals surface area contributed by atoms with Crippen LogP contribution in [0.4, 0.5) is 13.2 Å². The third kappa shape index (κ3) is 5.08. The Labute approximate surface area is 153 Å². The minimum absolute atomic E-state index is 0.104. The standard InChI is InChI=1S/C18H18F3N3O3/c1-11(24-16(25)9-8-15(23-24)13-4-5-13)17(26)22-10-12-2-6-14(7-3-12)27-18(19,20)21/h2-3,6-9,11,13H,4-5,10H2,1H3,(H,22,26)/t11-/m1/s1. The van der Waals surface area contributed by atoms with Gasteiger partial charge in [0.1, 0.15) is 11.8 Å². The number of ether oxygens (including phenoxy) is 1. The molecule has 144 valence electrons. The van der Waals surface area contributed by atoms with Gasteiger partial charge in [0, 0.05) is 18.5 Å². The van der Waals surface area contributed by atoms with Gasteiger partial charge in [0.2, 0.25) is 5.91 Å². The molecule has 9 heteroatoms. The number of benzene rings is 1. The molecule has 1 saturated carbocycles. The average molecular weight is 381 g/mol. The fraction of sp³-hybridized carbons (Fsp3) is 0.389. The molecule has 0 saturated heterocycles. The van der Waals surface area contributed by atoms with Crippen molar-refractivity contribution < 1.29 is 22.7 Å². The van der Waals surface area contributed by atoms with E-state index in [2.05, 4.69) is 15.2 Å². The smallest absolute Gasteiger partial charge is 0.406 e. The third-order valence-electron chi connectivity index (χ3n) is 4.21. The van der Waals surface area contributed by atoms with E-state index in [1.165, 1.54) is 30.3 Å². The Kier molecular flexibility index (Phi) is 5.20. The van der Waals surface area contributed by atoms with E-state index in [4.69, 9.17) is 0 Å². The molecular weight excluding hydrogens is 363 g/mol. The number of rotatable bonds is 6. The first kappa shape index (κ1) is 18.9. The lowest BCUT2D eigenvalue weighted by molar-refractivity contribution is -0.274. The molecule has 3 rings (SSSR count). The summed E-state index contributed by atoms with van der Waals surface area (Å²) >= 11 is 0. The molecule has 1 atom stereocenters. The Bertz CT molecular complexity index is 874. The zero-order valence-corrected chi connectivity index (χ0v) is 14.5. The molecule has 1 N–H and O–H groups in total. The first-order valence-electron chi connectivity index (χ1n) is 8.45. The maximum absolute atomic E-state index is 12.3. The summed E-state index contributed by atoms with van der Waals surface area (Å²) in [7, 11) is 0. The van der Waals surface area contributed by atoms with E-state index in [9.17, 15) is 22.8 Å². The van der Waals surface area contributed by atoms with Crippen LogP contribution < -0.4 is 15.6 Å². The van der Waals surface area contributed by atoms with Gasteiger partial charge in [0.05, 0.1) is 5.69 Å². The van der Waals surface area contributed by atoms with Gasteiger partial charge in [-0.1, -0.05) is 12.1 Å². The van der Waals surface area contributed by atoms with Gasteiger partial charge in [0.15, 0.2) is 0 Å². The van der Waals surface area contributed by atoms with Crippen LogP contribution in [0.3, 0.4) is 0 Å². The number of amides is 1. The molecule has 1 fully saturated rings. The Balaban J connectivity index is 1.60. The van der Waals surface area contributed by atoms with E-state index in [0.717, 1.165) is 23.2 Å². The topological polar surface area (TPSA) is 73.2 Å². The number of hydrogen-bond donors (Lipinski definition) is 1. The van der Waals surface area contributed by atoms with Crippen LogP contribution >= 0.6 is 0 Å². The van der Waals surface area contributed by atoms with Crippen LogP contribution in [0.15, 0.2) is 41.2 Å². The molecule has 0 spiro atoms. The number of alkyl halides is 3. The normalized spacial score (nSPS) is 15.3. The van der Waals surface area contributed by atoms with Crippen LogP contribution in [0, 0.1) is 0 Å². The van der Waals surface area contributed by atoms with Gasteiger partial charge in [-0.2, -0.15) is 5.10 Å². The van der Waals surface area contributed by atoms with Crippen molar-refractivity contribution in [1.29, 1.82) is 0 Å². The lowest BCUT2D eigenvalue weighted by atomic mass is 10.2. The van der Waals surface area contributed by atoms with Crippen molar-refractivity contribution in [3.05, 3.63) is 58.0 Å². The summed E-state index contributed by atoms with van der Waals surface area (Å²) in [6, 6.07) is 7.47. The van der Waals surface area contributed by atoms with E-state index in [0.29, 0.717) is 11.5 Å². The number of aromatic nitrogens is 2. The minimum Gasteiger partial charge on any atom is -0.406 e. The first-order valence-corrected chi connectivity index (χ1v) is 8.45. The molecule has 27 heavy (non-hydrogen) atoms. The van der Waals surface area contributed by atoms with Crippen molar-refractivity contribution in [3.63, 3.8) is 0 Å². The third-order valence-corrected chi connectivity index (χ3v) is 4.21. The minimum atomic E-state index is -4.75. The molecule has 0 bridgehead atoms. The number of halogens is 3.